The highest BCUT2D eigenvalue weighted by Crippen LogP contribution is 2.16. The number of sulfonamides is 2. The molecule has 0 radical (unpaired) electrons. The van der Waals surface area contributed by atoms with Crippen LogP contribution < -0.4 is 29.6 Å². The van der Waals surface area contributed by atoms with Crippen molar-refractivity contribution in [3.63, 3.8) is 0 Å². The number of hydrogen-bond donors (Lipinski definition) is 4. The van der Waals surface area contributed by atoms with Gasteiger partial charge < -0.3 is 20.1 Å². The minimum Gasteiger partial charge on any atom is -0.497 e. The summed E-state index contributed by atoms with van der Waals surface area (Å²) in [4.78, 5) is 23.4. The van der Waals surface area contributed by atoms with Crippen molar-refractivity contribution in [2.75, 3.05) is 27.3 Å². The van der Waals surface area contributed by atoms with Crippen LogP contribution in [0, 0.1) is 0 Å². The Morgan fingerprint density at radius 3 is 1.30 bits per heavy atom. The van der Waals surface area contributed by atoms with Crippen molar-refractivity contribution < 1.29 is 35.9 Å². The number of amides is 4. The summed E-state index contributed by atoms with van der Waals surface area (Å²) in [5.41, 5.74) is 0. The normalized spacial score (nSPS) is 11.2. The summed E-state index contributed by atoms with van der Waals surface area (Å²) < 4.78 is 62.3. The van der Waals surface area contributed by atoms with Crippen LogP contribution in [0.4, 0.5) is 9.59 Å². The zero-order valence-electron chi connectivity index (χ0n) is 17.8. The Hall–Kier alpha value is -3.52. The van der Waals surface area contributed by atoms with Crippen LogP contribution in [0.1, 0.15) is 6.42 Å². The van der Waals surface area contributed by atoms with E-state index in [2.05, 4.69) is 10.6 Å². The first kappa shape index (κ1) is 25.7. The Balaban J connectivity index is 1.72. The van der Waals surface area contributed by atoms with Crippen LogP contribution >= 0.6 is 0 Å². The molecule has 0 unspecified atom stereocenters. The molecule has 0 fully saturated rings. The van der Waals surface area contributed by atoms with Crippen molar-refractivity contribution in [2.45, 2.75) is 16.2 Å². The summed E-state index contributed by atoms with van der Waals surface area (Å²) >= 11 is 0. The number of rotatable bonds is 10. The van der Waals surface area contributed by atoms with Gasteiger partial charge >= 0.3 is 12.1 Å². The van der Waals surface area contributed by atoms with Crippen LogP contribution in [-0.2, 0) is 20.0 Å². The third-order valence-corrected chi connectivity index (χ3v) is 6.81. The molecule has 33 heavy (non-hydrogen) atoms. The number of benzene rings is 2. The molecule has 2 rings (SSSR count). The highest BCUT2D eigenvalue weighted by Gasteiger charge is 2.18. The van der Waals surface area contributed by atoms with Gasteiger partial charge in [-0.1, -0.05) is 0 Å². The molecule has 2 aromatic rings. The lowest BCUT2D eigenvalue weighted by molar-refractivity contribution is 0.244. The SMILES string of the molecule is COc1ccc(S(=O)(=O)NC(=O)NCCCNC(=O)NS(=O)(=O)c2ccc(OC)cc2)cc1. The molecule has 0 bridgehead atoms. The summed E-state index contributed by atoms with van der Waals surface area (Å²) in [7, 11) is -5.25. The molecule has 14 heteroatoms. The van der Waals surface area contributed by atoms with Crippen molar-refractivity contribution in [3.8, 4) is 11.5 Å². The Kier molecular flexibility index (Phi) is 8.87. The first-order chi connectivity index (χ1) is 15.6. The number of urea groups is 2. The maximum Gasteiger partial charge on any atom is 0.328 e. The van der Waals surface area contributed by atoms with Crippen LogP contribution in [-0.4, -0.2) is 56.2 Å². The smallest absolute Gasteiger partial charge is 0.328 e. The van der Waals surface area contributed by atoms with Gasteiger partial charge in [-0.3, -0.25) is 0 Å². The third-order valence-electron chi connectivity index (χ3n) is 4.12. The Bertz CT molecular complexity index is 1070. The van der Waals surface area contributed by atoms with E-state index < -0.39 is 32.1 Å². The van der Waals surface area contributed by atoms with E-state index in [1.807, 2.05) is 9.44 Å². The number of ether oxygens (including phenoxy) is 2. The molecule has 0 aliphatic carbocycles. The summed E-state index contributed by atoms with van der Waals surface area (Å²) in [6, 6.07) is 9.03. The zero-order valence-corrected chi connectivity index (χ0v) is 19.5. The predicted octanol–water partition coefficient (Wildman–Crippen LogP) is 0.770. The van der Waals surface area contributed by atoms with E-state index in [0.717, 1.165) is 0 Å². The fraction of sp³-hybridized carbons (Fsp3) is 0.263. The topological polar surface area (TPSA) is 169 Å². The molecular weight excluding hydrogens is 476 g/mol. The monoisotopic (exact) mass is 500 g/mol. The van der Waals surface area contributed by atoms with Gasteiger partial charge in [-0.05, 0) is 55.0 Å². The second-order valence-electron chi connectivity index (χ2n) is 6.43. The lowest BCUT2D eigenvalue weighted by Crippen LogP contribution is -2.42. The molecule has 4 N–H and O–H groups in total. The largest absolute Gasteiger partial charge is 0.497 e. The van der Waals surface area contributed by atoms with Gasteiger partial charge in [-0.25, -0.2) is 35.9 Å². The van der Waals surface area contributed by atoms with E-state index in [0.29, 0.717) is 11.5 Å². The standard InChI is InChI=1S/C19H24N4O8S2/c1-30-14-4-8-16(9-5-14)32(26,27)22-18(24)20-12-3-13-21-19(25)23-33(28,29)17-10-6-15(31-2)7-11-17/h4-11H,3,12-13H2,1-2H3,(H2,20,22,24)(H2,21,23,25). The molecule has 0 saturated carbocycles. The highest BCUT2D eigenvalue weighted by atomic mass is 32.2. The predicted molar refractivity (Wildman–Crippen MR) is 118 cm³/mol. The van der Waals surface area contributed by atoms with E-state index in [4.69, 9.17) is 9.47 Å². The summed E-state index contributed by atoms with van der Waals surface area (Å²) in [6.45, 7) is 0.0466. The number of carbonyl (C=O) groups is 2. The number of carbonyl (C=O) groups excluding carboxylic acids is 2. The molecule has 0 aliphatic heterocycles. The van der Waals surface area contributed by atoms with Crippen LogP contribution in [0.3, 0.4) is 0 Å². The number of nitrogens with one attached hydrogen (secondary N) is 4. The van der Waals surface area contributed by atoms with Gasteiger partial charge in [0.1, 0.15) is 11.5 Å². The third kappa shape index (κ3) is 7.84. The number of methoxy groups -OCH3 is 2. The average molecular weight is 501 g/mol. The summed E-state index contributed by atoms with van der Waals surface area (Å²) in [6.07, 6.45) is 0.214. The molecule has 180 valence electrons. The van der Waals surface area contributed by atoms with E-state index in [1.54, 1.807) is 0 Å². The second kappa shape index (κ2) is 11.4. The number of hydrogen-bond acceptors (Lipinski definition) is 8. The van der Waals surface area contributed by atoms with Gasteiger partial charge in [0, 0.05) is 13.1 Å². The van der Waals surface area contributed by atoms with Crippen molar-refractivity contribution in [2.24, 2.45) is 0 Å². The van der Waals surface area contributed by atoms with E-state index >= 15 is 0 Å². The van der Waals surface area contributed by atoms with Crippen LogP contribution in [0.5, 0.6) is 11.5 Å². The maximum atomic E-state index is 12.2. The first-order valence-electron chi connectivity index (χ1n) is 9.47. The minimum atomic E-state index is -4.06. The Morgan fingerprint density at radius 1 is 0.667 bits per heavy atom. The van der Waals surface area contributed by atoms with Gasteiger partial charge in [0.25, 0.3) is 20.0 Å². The minimum absolute atomic E-state index is 0.0233. The lowest BCUT2D eigenvalue weighted by Gasteiger charge is -2.10. The molecule has 0 spiro atoms. The van der Waals surface area contributed by atoms with Crippen LogP contribution in [0.15, 0.2) is 58.3 Å². The van der Waals surface area contributed by atoms with Gasteiger partial charge in [0.05, 0.1) is 24.0 Å². The summed E-state index contributed by atoms with van der Waals surface area (Å²) in [5.74, 6) is 0.929. The zero-order chi connectivity index (χ0) is 24.5. The molecule has 0 heterocycles. The average Bonchev–Trinajstić information content (AvgIpc) is 2.78. The van der Waals surface area contributed by atoms with Crippen molar-refractivity contribution in [1.82, 2.24) is 20.1 Å². The van der Waals surface area contributed by atoms with E-state index in [-0.39, 0.29) is 29.3 Å². The molecule has 2 aromatic carbocycles. The maximum absolute atomic E-state index is 12.2. The van der Waals surface area contributed by atoms with Gasteiger partial charge in [0.2, 0.25) is 0 Å². The molecule has 4 amide bonds. The van der Waals surface area contributed by atoms with Gasteiger partial charge in [-0.2, -0.15) is 0 Å². The molecule has 0 aliphatic rings. The van der Waals surface area contributed by atoms with Crippen molar-refractivity contribution in [3.05, 3.63) is 48.5 Å². The van der Waals surface area contributed by atoms with Gasteiger partial charge in [-0.15, -0.1) is 0 Å². The van der Waals surface area contributed by atoms with Crippen LogP contribution in [0.25, 0.3) is 0 Å². The van der Waals surface area contributed by atoms with Crippen molar-refractivity contribution >= 4 is 32.1 Å². The molecule has 0 aromatic heterocycles. The fourth-order valence-corrected chi connectivity index (χ4v) is 4.29. The van der Waals surface area contributed by atoms with Crippen LogP contribution in [0.2, 0.25) is 0 Å². The molecular formula is C19H24N4O8S2. The molecule has 12 nitrogen and oxygen atoms in total. The fourth-order valence-electron chi connectivity index (χ4n) is 2.44. The Labute approximate surface area is 191 Å². The highest BCUT2D eigenvalue weighted by molar-refractivity contribution is 7.90. The summed E-state index contributed by atoms with van der Waals surface area (Å²) in [5, 5.41) is 4.67. The second-order valence-corrected chi connectivity index (χ2v) is 9.79. The quantitative estimate of drug-likeness (QED) is 0.347. The van der Waals surface area contributed by atoms with Gasteiger partial charge in [0.15, 0.2) is 0 Å². The molecule has 0 atom stereocenters. The molecule has 0 saturated heterocycles. The lowest BCUT2D eigenvalue weighted by atomic mass is 10.3. The van der Waals surface area contributed by atoms with E-state index in [9.17, 15) is 26.4 Å². The van der Waals surface area contributed by atoms with E-state index in [1.165, 1.54) is 62.8 Å². The first-order valence-corrected chi connectivity index (χ1v) is 12.4. The Morgan fingerprint density at radius 2 is 1.00 bits per heavy atom. The van der Waals surface area contributed by atoms with Crippen molar-refractivity contribution in [1.29, 1.82) is 0 Å².